The van der Waals surface area contributed by atoms with Gasteiger partial charge >= 0.3 is 0 Å². The zero-order valence-corrected chi connectivity index (χ0v) is 12.3. The van der Waals surface area contributed by atoms with Gasteiger partial charge in [0, 0.05) is 18.0 Å². The van der Waals surface area contributed by atoms with E-state index in [-0.39, 0.29) is 17.5 Å². The van der Waals surface area contributed by atoms with Crippen LogP contribution in [0.3, 0.4) is 0 Å². The van der Waals surface area contributed by atoms with Crippen molar-refractivity contribution in [1.82, 2.24) is 9.78 Å². The van der Waals surface area contributed by atoms with Crippen LogP contribution in [0.15, 0.2) is 42.7 Å². The van der Waals surface area contributed by atoms with E-state index in [0.29, 0.717) is 0 Å². The molecule has 0 bridgehead atoms. The minimum absolute atomic E-state index is 0.307. The molecule has 2 aromatic rings. The van der Waals surface area contributed by atoms with Gasteiger partial charge in [0.1, 0.15) is 0 Å². The number of benzene rings is 1. The number of nitrogens with zero attached hydrogens (tertiary/aromatic N) is 2. The SMILES string of the molecule is CC1(C)OC(c2ccc(-n3cccn3)cc2)OC1(C)C. The molecule has 0 N–H and O–H groups in total. The summed E-state index contributed by atoms with van der Waals surface area (Å²) in [6.45, 7) is 8.24. The van der Waals surface area contributed by atoms with Gasteiger partial charge in [-0.2, -0.15) is 5.10 Å². The summed E-state index contributed by atoms with van der Waals surface area (Å²) < 4.78 is 13.9. The van der Waals surface area contributed by atoms with Crippen molar-refractivity contribution in [3.05, 3.63) is 48.3 Å². The average molecular weight is 272 g/mol. The summed E-state index contributed by atoms with van der Waals surface area (Å²) in [6.07, 6.45) is 3.37. The third-order valence-electron chi connectivity index (χ3n) is 4.19. The highest BCUT2D eigenvalue weighted by atomic mass is 16.7. The first kappa shape index (κ1) is 13.3. The number of aromatic nitrogens is 2. The number of hydrogen-bond acceptors (Lipinski definition) is 3. The van der Waals surface area contributed by atoms with E-state index in [1.165, 1.54) is 0 Å². The Morgan fingerprint density at radius 2 is 1.60 bits per heavy atom. The second-order valence-electron chi connectivity index (χ2n) is 6.13. The van der Waals surface area contributed by atoms with Gasteiger partial charge in [-0.05, 0) is 45.9 Å². The molecule has 0 amide bonds. The molecule has 1 aromatic heterocycles. The minimum Gasteiger partial charge on any atom is -0.339 e. The maximum Gasteiger partial charge on any atom is 0.185 e. The molecule has 0 atom stereocenters. The summed E-state index contributed by atoms with van der Waals surface area (Å²) in [4.78, 5) is 0. The van der Waals surface area contributed by atoms with Crippen LogP contribution in [0, 0.1) is 0 Å². The van der Waals surface area contributed by atoms with Crippen LogP contribution in [0.25, 0.3) is 5.69 Å². The standard InChI is InChI=1S/C16H20N2O2/c1-15(2)16(3,4)20-14(19-15)12-6-8-13(9-7-12)18-11-5-10-17-18/h5-11,14H,1-4H3. The Hall–Kier alpha value is -1.65. The van der Waals surface area contributed by atoms with Crippen molar-refractivity contribution >= 4 is 0 Å². The molecule has 4 heteroatoms. The molecular weight excluding hydrogens is 252 g/mol. The smallest absolute Gasteiger partial charge is 0.185 e. The molecule has 0 radical (unpaired) electrons. The van der Waals surface area contributed by atoms with E-state index in [9.17, 15) is 0 Å². The van der Waals surface area contributed by atoms with E-state index in [2.05, 4.69) is 32.8 Å². The highest BCUT2D eigenvalue weighted by Crippen LogP contribution is 2.44. The quantitative estimate of drug-likeness (QED) is 0.839. The zero-order valence-electron chi connectivity index (χ0n) is 12.3. The maximum absolute atomic E-state index is 6.04. The van der Waals surface area contributed by atoms with Crippen molar-refractivity contribution in [3.63, 3.8) is 0 Å². The Bertz CT molecular complexity index is 569. The Morgan fingerprint density at radius 3 is 2.10 bits per heavy atom. The van der Waals surface area contributed by atoms with Crippen LogP contribution in [0.2, 0.25) is 0 Å². The van der Waals surface area contributed by atoms with Crippen LogP contribution in [0.4, 0.5) is 0 Å². The third kappa shape index (κ3) is 2.15. The van der Waals surface area contributed by atoms with Gasteiger partial charge in [-0.3, -0.25) is 0 Å². The molecule has 1 fully saturated rings. The predicted octanol–water partition coefficient (Wildman–Crippen LogP) is 3.47. The van der Waals surface area contributed by atoms with Gasteiger partial charge in [0.2, 0.25) is 0 Å². The molecule has 1 saturated heterocycles. The number of rotatable bonds is 2. The Balaban J connectivity index is 1.83. The molecular formula is C16H20N2O2. The van der Waals surface area contributed by atoms with Gasteiger partial charge in [-0.1, -0.05) is 12.1 Å². The van der Waals surface area contributed by atoms with Crippen LogP contribution in [-0.2, 0) is 9.47 Å². The summed E-state index contributed by atoms with van der Waals surface area (Å²) in [5.74, 6) is 0. The molecule has 0 saturated carbocycles. The second-order valence-corrected chi connectivity index (χ2v) is 6.13. The molecule has 4 nitrogen and oxygen atoms in total. The van der Waals surface area contributed by atoms with Gasteiger partial charge in [0.05, 0.1) is 16.9 Å². The van der Waals surface area contributed by atoms with E-state index in [4.69, 9.17) is 9.47 Å². The molecule has 0 unspecified atom stereocenters. The molecule has 1 aromatic carbocycles. The highest BCUT2D eigenvalue weighted by Gasteiger charge is 2.49. The molecule has 3 rings (SSSR count). The Morgan fingerprint density at radius 1 is 1.00 bits per heavy atom. The summed E-state index contributed by atoms with van der Waals surface area (Å²) >= 11 is 0. The highest BCUT2D eigenvalue weighted by molar-refractivity contribution is 5.34. The van der Waals surface area contributed by atoms with Gasteiger partial charge < -0.3 is 9.47 Å². The van der Waals surface area contributed by atoms with Crippen molar-refractivity contribution in [2.24, 2.45) is 0 Å². The summed E-state index contributed by atoms with van der Waals surface area (Å²) in [7, 11) is 0. The van der Waals surface area contributed by atoms with E-state index < -0.39 is 0 Å². The van der Waals surface area contributed by atoms with Crippen LogP contribution in [0.1, 0.15) is 39.5 Å². The zero-order chi connectivity index (χ0) is 14.4. The van der Waals surface area contributed by atoms with Gasteiger partial charge in [-0.25, -0.2) is 4.68 Å². The molecule has 1 aliphatic rings. The second kappa shape index (κ2) is 4.43. The lowest BCUT2D eigenvalue weighted by Gasteiger charge is -2.30. The molecule has 2 heterocycles. The van der Waals surface area contributed by atoms with Crippen molar-refractivity contribution in [2.75, 3.05) is 0 Å². The van der Waals surface area contributed by atoms with E-state index in [0.717, 1.165) is 11.3 Å². The first-order chi connectivity index (χ1) is 9.39. The third-order valence-corrected chi connectivity index (χ3v) is 4.19. The fraction of sp³-hybridized carbons (Fsp3) is 0.438. The molecule has 0 aliphatic carbocycles. The largest absolute Gasteiger partial charge is 0.339 e. The number of ether oxygens (including phenoxy) is 2. The lowest BCUT2D eigenvalue weighted by Crippen LogP contribution is -2.41. The van der Waals surface area contributed by atoms with Crippen molar-refractivity contribution in [2.45, 2.75) is 45.2 Å². The lowest BCUT2D eigenvalue weighted by molar-refractivity contribution is -0.0895. The first-order valence-electron chi connectivity index (χ1n) is 6.85. The van der Waals surface area contributed by atoms with Crippen LogP contribution >= 0.6 is 0 Å². The van der Waals surface area contributed by atoms with Crippen LogP contribution < -0.4 is 0 Å². The van der Waals surface area contributed by atoms with Gasteiger partial charge in [0.25, 0.3) is 0 Å². The fourth-order valence-corrected chi connectivity index (χ4v) is 2.18. The lowest BCUT2D eigenvalue weighted by atomic mass is 9.90. The molecule has 0 spiro atoms. The van der Waals surface area contributed by atoms with Crippen LogP contribution in [-0.4, -0.2) is 21.0 Å². The van der Waals surface area contributed by atoms with Crippen molar-refractivity contribution in [1.29, 1.82) is 0 Å². The average Bonchev–Trinajstić information content (AvgIpc) is 2.97. The van der Waals surface area contributed by atoms with Crippen molar-refractivity contribution in [3.8, 4) is 5.69 Å². The van der Waals surface area contributed by atoms with E-state index in [1.807, 2.05) is 41.2 Å². The maximum atomic E-state index is 6.04. The Labute approximate surface area is 119 Å². The monoisotopic (exact) mass is 272 g/mol. The first-order valence-corrected chi connectivity index (χ1v) is 6.85. The van der Waals surface area contributed by atoms with Crippen LogP contribution in [0.5, 0.6) is 0 Å². The molecule has 1 aliphatic heterocycles. The summed E-state index contributed by atoms with van der Waals surface area (Å²) in [5.41, 5.74) is 1.44. The number of hydrogen-bond donors (Lipinski definition) is 0. The Kier molecular flexibility index (Phi) is 2.96. The van der Waals surface area contributed by atoms with Gasteiger partial charge in [-0.15, -0.1) is 0 Å². The molecule has 20 heavy (non-hydrogen) atoms. The van der Waals surface area contributed by atoms with E-state index >= 15 is 0 Å². The normalized spacial score (nSPS) is 21.2. The summed E-state index contributed by atoms with van der Waals surface area (Å²) in [6, 6.07) is 10.0. The topological polar surface area (TPSA) is 36.3 Å². The molecule has 106 valence electrons. The minimum atomic E-state index is -0.313. The summed E-state index contributed by atoms with van der Waals surface area (Å²) in [5, 5.41) is 4.21. The van der Waals surface area contributed by atoms with Gasteiger partial charge in [0.15, 0.2) is 6.29 Å². The predicted molar refractivity (Wildman–Crippen MR) is 76.6 cm³/mol. The van der Waals surface area contributed by atoms with E-state index in [1.54, 1.807) is 6.20 Å². The van der Waals surface area contributed by atoms with Crippen molar-refractivity contribution < 1.29 is 9.47 Å². The fourth-order valence-electron chi connectivity index (χ4n) is 2.18.